The molecule has 0 saturated heterocycles. The molecular weight excluding hydrogens is 409 g/mol. The first-order chi connectivity index (χ1) is 14.5. The van der Waals surface area contributed by atoms with Crippen LogP contribution in [0.5, 0.6) is 5.75 Å². The second-order valence-electron chi connectivity index (χ2n) is 8.33. The molecule has 0 atom stereocenters. The summed E-state index contributed by atoms with van der Waals surface area (Å²) in [7, 11) is 0. The molecule has 2 aromatic rings. The van der Waals surface area contributed by atoms with Gasteiger partial charge in [-0.25, -0.2) is 0 Å². The van der Waals surface area contributed by atoms with Gasteiger partial charge in [0.2, 0.25) is 11.8 Å². The minimum absolute atomic E-state index is 0.0719. The van der Waals surface area contributed by atoms with Crippen LogP contribution in [0.1, 0.15) is 43.4 Å². The van der Waals surface area contributed by atoms with Crippen LogP contribution in [0.15, 0.2) is 42.5 Å². The predicted molar refractivity (Wildman–Crippen MR) is 111 cm³/mol. The summed E-state index contributed by atoms with van der Waals surface area (Å²) >= 11 is 0. The van der Waals surface area contributed by atoms with Crippen LogP contribution in [0.4, 0.5) is 24.5 Å². The highest BCUT2D eigenvalue weighted by Gasteiger charge is 2.35. The Hall–Kier alpha value is -3.29. The molecule has 2 aliphatic rings. The third-order valence-electron chi connectivity index (χ3n) is 5.24. The summed E-state index contributed by atoms with van der Waals surface area (Å²) in [5, 5.41) is 5.54. The van der Waals surface area contributed by atoms with Crippen molar-refractivity contribution < 1.29 is 27.5 Å². The van der Waals surface area contributed by atoms with E-state index in [1.165, 1.54) is 12.1 Å². The van der Waals surface area contributed by atoms with Gasteiger partial charge in [-0.1, -0.05) is 12.1 Å². The van der Waals surface area contributed by atoms with Crippen molar-refractivity contribution in [2.24, 2.45) is 0 Å². The first kappa shape index (κ1) is 21.0. The summed E-state index contributed by atoms with van der Waals surface area (Å²) in [6.45, 7) is 3.52. The van der Waals surface area contributed by atoms with E-state index in [1.807, 2.05) is 6.07 Å². The van der Waals surface area contributed by atoms with E-state index in [1.54, 1.807) is 26.0 Å². The number of anilines is 2. The van der Waals surface area contributed by atoms with Crippen molar-refractivity contribution in [1.29, 1.82) is 0 Å². The minimum Gasteiger partial charge on any atom is -0.487 e. The van der Waals surface area contributed by atoms with Gasteiger partial charge in [-0.3, -0.25) is 9.59 Å². The number of ether oxygens (including phenoxy) is 1. The summed E-state index contributed by atoms with van der Waals surface area (Å²) in [4.78, 5) is 24.3. The molecule has 0 fully saturated rings. The third kappa shape index (κ3) is 4.57. The molecule has 0 aromatic heterocycles. The second kappa shape index (κ2) is 7.44. The molecule has 2 heterocycles. The zero-order chi connectivity index (χ0) is 22.4. The first-order valence-corrected chi connectivity index (χ1v) is 9.85. The van der Waals surface area contributed by atoms with Gasteiger partial charge in [0.05, 0.1) is 5.56 Å². The maximum absolute atomic E-state index is 13.1. The summed E-state index contributed by atoms with van der Waals surface area (Å²) in [5.41, 5.74) is 1.66. The van der Waals surface area contributed by atoms with E-state index in [9.17, 15) is 22.8 Å². The number of amides is 2. The number of rotatable bonds is 2. The molecule has 8 heteroatoms. The number of benzene rings is 2. The molecule has 2 amide bonds. The normalized spacial score (nSPS) is 18.5. The van der Waals surface area contributed by atoms with Crippen LogP contribution >= 0.6 is 0 Å². The summed E-state index contributed by atoms with van der Waals surface area (Å²) in [6.07, 6.45) is -1.67. The highest BCUT2D eigenvalue weighted by Crippen LogP contribution is 2.43. The van der Waals surface area contributed by atoms with Gasteiger partial charge in [0.15, 0.2) is 0 Å². The van der Waals surface area contributed by atoms with Crippen molar-refractivity contribution in [2.75, 3.05) is 10.6 Å². The number of carbonyl (C=O) groups excluding carboxylic acids is 2. The Morgan fingerprint density at radius 1 is 1.16 bits per heavy atom. The lowest BCUT2D eigenvalue weighted by molar-refractivity contribution is -0.137. The zero-order valence-electron chi connectivity index (χ0n) is 17.0. The quantitative estimate of drug-likeness (QED) is 0.646. The van der Waals surface area contributed by atoms with Gasteiger partial charge in [-0.05, 0) is 55.7 Å². The third-order valence-corrected chi connectivity index (χ3v) is 5.24. The molecule has 4 rings (SSSR count). The molecule has 0 radical (unpaired) electrons. The Morgan fingerprint density at radius 3 is 2.68 bits per heavy atom. The van der Waals surface area contributed by atoms with Crippen LogP contribution in [0, 0.1) is 0 Å². The number of hydrogen-bond acceptors (Lipinski definition) is 3. The van der Waals surface area contributed by atoms with Crippen LogP contribution in [-0.4, -0.2) is 17.4 Å². The smallest absolute Gasteiger partial charge is 0.416 e. The maximum Gasteiger partial charge on any atom is 0.416 e. The Kier molecular flexibility index (Phi) is 5.03. The van der Waals surface area contributed by atoms with E-state index in [2.05, 4.69) is 10.6 Å². The Balaban J connectivity index is 1.60. The van der Waals surface area contributed by atoms with E-state index < -0.39 is 23.2 Å². The summed E-state index contributed by atoms with van der Waals surface area (Å²) < 4.78 is 45.0. The van der Waals surface area contributed by atoms with Crippen molar-refractivity contribution in [2.45, 2.75) is 44.9 Å². The van der Waals surface area contributed by atoms with Gasteiger partial charge in [-0.2, -0.15) is 13.2 Å². The monoisotopic (exact) mass is 430 g/mol. The maximum atomic E-state index is 13.1. The molecule has 0 aliphatic carbocycles. The van der Waals surface area contributed by atoms with E-state index in [4.69, 9.17) is 4.74 Å². The van der Waals surface area contributed by atoms with E-state index in [0.717, 1.165) is 17.7 Å². The molecule has 2 aromatic carbocycles. The molecule has 0 bridgehead atoms. The van der Waals surface area contributed by atoms with Gasteiger partial charge in [-0.15, -0.1) is 0 Å². The molecule has 0 spiro atoms. The van der Waals surface area contributed by atoms with Crippen molar-refractivity contribution >= 4 is 28.8 Å². The number of carbonyl (C=O) groups is 2. The van der Waals surface area contributed by atoms with Gasteiger partial charge in [0, 0.05) is 35.9 Å². The van der Waals surface area contributed by atoms with Crippen molar-refractivity contribution in [3.63, 3.8) is 0 Å². The molecule has 31 heavy (non-hydrogen) atoms. The van der Waals surface area contributed by atoms with E-state index >= 15 is 0 Å². The van der Waals surface area contributed by atoms with Crippen molar-refractivity contribution in [3.8, 4) is 5.75 Å². The largest absolute Gasteiger partial charge is 0.487 e. The number of fused-ring (bicyclic) bond motifs is 2. The highest BCUT2D eigenvalue weighted by molar-refractivity contribution is 6.05. The minimum atomic E-state index is -4.48. The molecule has 0 unspecified atom stereocenters. The number of nitrogens with one attached hydrogen (secondary N) is 2. The zero-order valence-corrected chi connectivity index (χ0v) is 17.0. The van der Waals surface area contributed by atoms with Crippen LogP contribution in [0.2, 0.25) is 0 Å². The SMILES string of the molecule is CC1(C)CC(=CC(=O)Nc2ccc3c(c2)NC(=O)CC3)c2ccc(C(F)(F)F)cc2O1. The van der Waals surface area contributed by atoms with Crippen molar-refractivity contribution in [1.82, 2.24) is 0 Å². The average molecular weight is 430 g/mol. The Labute approximate surface area is 177 Å². The summed E-state index contributed by atoms with van der Waals surface area (Å²) in [6, 6.07) is 8.58. The van der Waals surface area contributed by atoms with E-state index in [0.29, 0.717) is 41.8 Å². The number of alkyl halides is 3. The van der Waals surface area contributed by atoms with E-state index in [-0.39, 0.29) is 11.7 Å². The number of halogens is 3. The molecule has 0 saturated carbocycles. The van der Waals surface area contributed by atoms with Crippen LogP contribution in [0.25, 0.3) is 5.57 Å². The number of aryl methyl sites for hydroxylation is 1. The topological polar surface area (TPSA) is 67.4 Å². The Bertz CT molecular complexity index is 1100. The second-order valence-corrected chi connectivity index (χ2v) is 8.33. The van der Waals surface area contributed by atoms with Gasteiger partial charge < -0.3 is 15.4 Å². The van der Waals surface area contributed by atoms with Crippen molar-refractivity contribution in [3.05, 3.63) is 59.2 Å². The fourth-order valence-electron chi connectivity index (χ4n) is 3.85. The molecule has 2 N–H and O–H groups in total. The lowest BCUT2D eigenvalue weighted by atomic mass is 9.88. The standard InChI is InChI=1S/C23H21F3N2O3/c1-22(2)12-14(17-7-5-15(23(24,25)26)10-19(17)31-22)9-21(30)27-16-6-3-13-4-8-20(29)28-18(13)11-16/h3,5-7,9-11H,4,8,12H2,1-2H3,(H,27,30)(H,28,29). The fraction of sp³-hybridized carbons (Fsp3) is 0.304. The van der Waals surface area contributed by atoms with Crippen LogP contribution < -0.4 is 15.4 Å². The fourth-order valence-corrected chi connectivity index (χ4v) is 3.85. The van der Waals surface area contributed by atoms with Crippen LogP contribution in [0.3, 0.4) is 0 Å². The number of hydrogen-bond donors (Lipinski definition) is 2. The lowest BCUT2D eigenvalue weighted by Gasteiger charge is -2.34. The Morgan fingerprint density at radius 2 is 1.94 bits per heavy atom. The first-order valence-electron chi connectivity index (χ1n) is 9.85. The molecular formula is C23H21F3N2O3. The predicted octanol–water partition coefficient (Wildman–Crippen LogP) is 5.17. The van der Waals surface area contributed by atoms with Gasteiger partial charge in [0.25, 0.3) is 0 Å². The lowest BCUT2D eigenvalue weighted by Crippen LogP contribution is -2.32. The van der Waals surface area contributed by atoms with Gasteiger partial charge >= 0.3 is 6.18 Å². The average Bonchev–Trinajstić information content (AvgIpc) is 2.65. The van der Waals surface area contributed by atoms with Crippen LogP contribution in [-0.2, 0) is 22.2 Å². The molecule has 162 valence electrons. The van der Waals surface area contributed by atoms with Gasteiger partial charge in [0.1, 0.15) is 11.4 Å². The highest BCUT2D eigenvalue weighted by atomic mass is 19.4. The molecule has 5 nitrogen and oxygen atoms in total. The molecule has 2 aliphatic heterocycles. The summed E-state index contributed by atoms with van der Waals surface area (Å²) in [5.74, 6) is -0.389.